The SMILES string of the molecule is CN(C)C(=O)NCCn1c(C(F)(F)F)nc2c1CCNC2. The molecule has 1 aromatic rings. The number of aromatic nitrogens is 2. The third-order valence-corrected chi connectivity index (χ3v) is 3.26. The van der Waals surface area contributed by atoms with Gasteiger partial charge in [-0.15, -0.1) is 0 Å². The summed E-state index contributed by atoms with van der Waals surface area (Å²) < 4.78 is 40.3. The van der Waals surface area contributed by atoms with Gasteiger partial charge in [-0.25, -0.2) is 9.78 Å². The Balaban J connectivity index is 2.17. The molecule has 0 atom stereocenters. The molecule has 0 unspecified atom stereocenters. The van der Waals surface area contributed by atoms with Crippen LogP contribution in [0.25, 0.3) is 0 Å². The number of hydrogen-bond donors (Lipinski definition) is 2. The molecule has 1 aliphatic heterocycles. The number of imidazole rings is 1. The van der Waals surface area contributed by atoms with E-state index in [4.69, 9.17) is 0 Å². The van der Waals surface area contributed by atoms with E-state index in [1.807, 2.05) is 0 Å². The lowest BCUT2D eigenvalue weighted by atomic mass is 10.2. The summed E-state index contributed by atoms with van der Waals surface area (Å²) in [5, 5.41) is 5.56. The number of rotatable bonds is 3. The van der Waals surface area contributed by atoms with Gasteiger partial charge in [0.25, 0.3) is 0 Å². The standard InChI is InChI=1S/C12H18F3N5O/c1-19(2)11(21)17-5-6-20-9-3-4-16-7-8(9)18-10(20)12(13,14)15/h16H,3-7H2,1-2H3,(H,17,21). The monoisotopic (exact) mass is 305 g/mol. The first-order valence-corrected chi connectivity index (χ1v) is 6.62. The Morgan fingerprint density at radius 1 is 1.48 bits per heavy atom. The van der Waals surface area contributed by atoms with Crippen LogP contribution in [0.1, 0.15) is 17.2 Å². The quantitative estimate of drug-likeness (QED) is 0.869. The average molecular weight is 305 g/mol. The maximum atomic E-state index is 13.0. The van der Waals surface area contributed by atoms with Crippen molar-refractivity contribution in [1.82, 2.24) is 25.1 Å². The number of carbonyl (C=O) groups is 1. The summed E-state index contributed by atoms with van der Waals surface area (Å²) in [6.45, 7) is 1.14. The highest BCUT2D eigenvalue weighted by atomic mass is 19.4. The maximum absolute atomic E-state index is 13.0. The zero-order valence-electron chi connectivity index (χ0n) is 11.9. The first kappa shape index (κ1) is 15.6. The van der Waals surface area contributed by atoms with Gasteiger partial charge in [-0.3, -0.25) is 0 Å². The molecule has 118 valence electrons. The largest absolute Gasteiger partial charge is 0.449 e. The molecule has 9 heteroatoms. The second kappa shape index (κ2) is 5.92. The summed E-state index contributed by atoms with van der Waals surface area (Å²) in [4.78, 5) is 16.4. The van der Waals surface area contributed by atoms with Crippen molar-refractivity contribution < 1.29 is 18.0 Å². The number of halogens is 3. The normalized spacial score (nSPS) is 14.7. The fourth-order valence-electron chi connectivity index (χ4n) is 2.26. The molecule has 0 saturated heterocycles. The second-order valence-corrected chi connectivity index (χ2v) is 5.03. The highest BCUT2D eigenvalue weighted by Crippen LogP contribution is 2.31. The molecule has 2 rings (SSSR count). The molecule has 2 heterocycles. The lowest BCUT2D eigenvalue weighted by Gasteiger charge is -2.18. The molecular formula is C12H18F3N5O. The molecular weight excluding hydrogens is 287 g/mol. The van der Waals surface area contributed by atoms with Gasteiger partial charge in [0.1, 0.15) is 0 Å². The van der Waals surface area contributed by atoms with Gasteiger partial charge < -0.3 is 20.1 Å². The molecule has 1 aromatic heterocycles. The van der Waals surface area contributed by atoms with E-state index < -0.39 is 12.0 Å². The van der Waals surface area contributed by atoms with Crippen LogP contribution >= 0.6 is 0 Å². The van der Waals surface area contributed by atoms with Gasteiger partial charge in [-0.2, -0.15) is 13.2 Å². The van der Waals surface area contributed by atoms with Gasteiger partial charge in [-0.1, -0.05) is 0 Å². The van der Waals surface area contributed by atoms with E-state index in [2.05, 4.69) is 15.6 Å². The predicted octanol–water partition coefficient (Wildman–Crippen LogP) is 0.819. The molecule has 21 heavy (non-hydrogen) atoms. The first-order valence-electron chi connectivity index (χ1n) is 6.62. The van der Waals surface area contributed by atoms with Crippen molar-refractivity contribution in [2.24, 2.45) is 0 Å². The van der Waals surface area contributed by atoms with Crippen LogP contribution < -0.4 is 10.6 Å². The van der Waals surface area contributed by atoms with Crippen LogP contribution in [0.2, 0.25) is 0 Å². The molecule has 0 aromatic carbocycles. The summed E-state index contributed by atoms with van der Waals surface area (Å²) in [6.07, 6.45) is -4.00. The summed E-state index contributed by atoms with van der Waals surface area (Å²) in [5.41, 5.74) is 1.03. The van der Waals surface area contributed by atoms with Crippen molar-refractivity contribution in [1.29, 1.82) is 0 Å². The minimum Gasteiger partial charge on any atom is -0.336 e. The Kier molecular flexibility index (Phi) is 4.40. The van der Waals surface area contributed by atoms with Gasteiger partial charge in [0, 0.05) is 52.4 Å². The smallest absolute Gasteiger partial charge is 0.336 e. The van der Waals surface area contributed by atoms with E-state index in [1.54, 1.807) is 14.1 Å². The number of urea groups is 1. The number of fused-ring (bicyclic) bond motifs is 1. The van der Waals surface area contributed by atoms with Crippen molar-refractivity contribution in [3.05, 3.63) is 17.2 Å². The Morgan fingerprint density at radius 2 is 2.19 bits per heavy atom. The van der Waals surface area contributed by atoms with Crippen LogP contribution in [-0.4, -0.2) is 47.7 Å². The van der Waals surface area contributed by atoms with Crippen molar-refractivity contribution in [2.75, 3.05) is 27.2 Å². The number of nitrogens with zero attached hydrogens (tertiary/aromatic N) is 3. The third-order valence-electron chi connectivity index (χ3n) is 3.26. The van der Waals surface area contributed by atoms with Crippen molar-refractivity contribution in [2.45, 2.75) is 25.7 Å². The summed E-state index contributed by atoms with van der Waals surface area (Å²) in [6, 6.07) is -0.334. The summed E-state index contributed by atoms with van der Waals surface area (Å²) in [7, 11) is 3.14. The molecule has 0 fully saturated rings. The molecule has 1 aliphatic rings. The minimum atomic E-state index is -4.50. The van der Waals surface area contributed by atoms with Crippen molar-refractivity contribution >= 4 is 6.03 Å². The lowest BCUT2D eigenvalue weighted by Crippen LogP contribution is -2.37. The first-order chi connectivity index (χ1) is 9.80. The molecule has 0 radical (unpaired) electrons. The molecule has 0 saturated carbocycles. The maximum Gasteiger partial charge on any atom is 0.449 e. The number of nitrogens with one attached hydrogen (secondary N) is 2. The number of carbonyl (C=O) groups excluding carboxylic acids is 1. The summed E-state index contributed by atoms with van der Waals surface area (Å²) >= 11 is 0. The minimum absolute atomic E-state index is 0.0523. The topological polar surface area (TPSA) is 62.2 Å². The van der Waals surface area contributed by atoms with Crippen molar-refractivity contribution in [3.63, 3.8) is 0 Å². The number of amides is 2. The Bertz CT molecular complexity index is 524. The van der Waals surface area contributed by atoms with Gasteiger partial charge >= 0.3 is 12.2 Å². The number of alkyl halides is 3. The van der Waals surface area contributed by atoms with Crippen LogP contribution in [-0.2, 0) is 25.7 Å². The van der Waals surface area contributed by atoms with E-state index >= 15 is 0 Å². The highest BCUT2D eigenvalue weighted by Gasteiger charge is 2.39. The second-order valence-electron chi connectivity index (χ2n) is 5.03. The number of hydrogen-bond acceptors (Lipinski definition) is 3. The van der Waals surface area contributed by atoms with E-state index in [9.17, 15) is 18.0 Å². The van der Waals surface area contributed by atoms with Crippen LogP contribution in [0.3, 0.4) is 0 Å². The van der Waals surface area contributed by atoms with Crippen LogP contribution in [0.4, 0.5) is 18.0 Å². The fourth-order valence-corrected chi connectivity index (χ4v) is 2.26. The van der Waals surface area contributed by atoms with Gasteiger partial charge in [-0.05, 0) is 0 Å². The Labute approximate surface area is 120 Å². The molecule has 0 aliphatic carbocycles. The molecule has 2 N–H and O–H groups in total. The van der Waals surface area contributed by atoms with Crippen LogP contribution in [0.15, 0.2) is 0 Å². The van der Waals surface area contributed by atoms with E-state index in [-0.39, 0.29) is 19.1 Å². The molecule has 0 bridgehead atoms. The van der Waals surface area contributed by atoms with E-state index in [1.165, 1.54) is 9.47 Å². The van der Waals surface area contributed by atoms with Crippen LogP contribution in [0, 0.1) is 0 Å². The Morgan fingerprint density at radius 3 is 2.81 bits per heavy atom. The van der Waals surface area contributed by atoms with Gasteiger partial charge in [0.05, 0.1) is 5.69 Å². The predicted molar refractivity (Wildman–Crippen MR) is 69.7 cm³/mol. The average Bonchev–Trinajstić information content (AvgIpc) is 2.77. The van der Waals surface area contributed by atoms with Crippen LogP contribution in [0.5, 0.6) is 0 Å². The zero-order chi connectivity index (χ0) is 15.6. The molecule has 6 nitrogen and oxygen atoms in total. The summed E-state index contributed by atoms with van der Waals surface area (Å²) in [5.74, 6) is -0.893. The fraction of sp³-hybridized carbons (Fsp3) is 0.667. The highest BCUT2D eigenvalue weighted by molar-refractivity contribution is 5.73. The lowest BCUT2D eigenvalue weighted by molar-refractivity contribution is -0.147. The molecule has 2 amide bonds. The van der Waals surface area contributed by atoms with E-state index in [0.29, 0.717) is 30.9 Å². The van der Waals surface area contributed by atoms with Gasteiger partial charge in [0.15, 0.2) is 0 Å². The van der Waals surface area contributed by atoms with Gasteiger partial charge in [0.2, 0.25) is 5.82 Å². The zero-order valence-corrected chi connectivity index (χ0v) is 11.9. The van der Waals surface area contributed by atoms with Crippen molar-refractivity contribution in [3.8, 4) is 0 Å². The third kappa shape index (κ3) is 3.46. The molecule has 0 spiro atoms. The Hall–Kier alpha value is -1.77. The van der Waals surface area contributed by atoms with E-state index in [0.717, 1.165) is 0 Å².